The summed E-state index contributed by atoms with van der Waals surface area (Å²) in [6, 6.07) is 0. The number of nitrogens with zero attached hydrogens (tertiary/aromatic N) is 1. The van der Waals surface area contributed by atoms with Gasteiger partial charge in [-0.15, -0.1) is 0 Å². The van der Waals surface area contributed by atoms with Gasteiger partial charge >= 0.3 is 0 Å². The van der Waals surface area contributed by atoms with Gasteiger partial charge in [-0.25, -0.2) is 4.98 Å². The lowest BCUT2D eigenvalue weighted by Crippen LogP contribution is -2.38. The van der Waals surface area contributed by atoms with Crippen LogP contribution in [0.3, 0.4) is 0 Å². The van der Waals surface area contributed by atoms with Gasteiger partial charge in [0.25, 0.3) is 5.19 Å². The van der Waals surface area contributed by atoms with Crippen molar-refractivity contribution in [3.63, 3.8) is 0 Å². The lowest BCUT2D eigenvalue weighted by molar-refractivity contribution is 0.108. The lowest BCUT2D eigenvalue weighted by Gasteiger charge is -2.24. The molecule has 4 nitrogen and oxygen atoms in total. The van der Waals surface area contributed by atoms with Crippen molar-refractivity contribution in [1.29, 1.82) is 0 Å². The van der Waals surface area contributed by atoms with Crippen molar-refractivity contribution in [2.75, 3.05) is 7.11 Å². The molecule has 0 aromatic carbocycles. The molecule has 13 heavy (non-hydrogen) atoms. The number of hydrogen-bond donors (Lipinski definition) is 2. The number of aliphatic hydroxyl groups is 1. The van der Waals surface area contributed by atoms with E-state index in [2.05, 4.69) is 4.98 Å². The molecule has 5 heteroatoms. The Morgan fingerprint density at radius 3 is 2.69 bits per heavy atom. The SMILES string of the molecule is COc1ncc(C(O)C(C)(C)N)s1. The molecule has 0 saturated heterocycles. The fourth-order valence-electron chi connectivity index (χ4n) is 0.857. The molecule has 1 unspecified atom stereocenters. The summed E-state index contributed by atoms with van der Waals surface area (Å²) in [6.07, 6.45) is 0.886. The van der Waals surface area contributed by atoms with E-state index in [0.717, 1.165) is 4.88 Å². The van der Waals surface area contributed by atoms with Crippen molar-refractivity contribution < 1.29 is 9.84 Å². The van der Waals surface area contributed by atoms with Gasteiger partial charge in [0.2, 0.25) is 0 Å². The first-order chi connectivity index (χ1) is 5.95. The Morgan fingerprint density at radius 1 is 1.69 bits per heavy atom. The molecule has 0 fully saturated rings. The monoisotopic (exact) mass is 202 g/mol. The third-order valence-electron chi connectivity index (χ3n) is 1.65. The van der Waals surface area contributed by atoms with Gasteiger partial charge in [-0.05, 0) is 13.8 Å². The average molecular weight is 202 g/mol. The van der Waals surface area contributed by atoms with Crippen molar-refractivity contribution in [3.05, 3.63) is 11.1 Å². The van der Waals surface area contributed by atoms with Crippen LogP contribution in [0.25, 0.3) is 0 Å². The molecule has 1 atom stereocenters. The largest absolute Gasteiger partial charge is 0.473 e. The Kier molecular flexibility index (Phi) is 2.90. The Hall–Kier alpha value is -0.650. The highest BCUT2D eigenvalue weighted by Gasteiger charge is 2.26. The van der Waals surface area contributed by atoms with E-state index in [1.54, 1.807) is 27.2 Å². The molecule has 74 valence electrons. The Balaban J connectivity index is 2.83. The van der Waals surface area contributed by atoms with E-state index in [1.807, 2.05) is 0 Å². The average Bonchev–Trinajstić information content (AvgIpc) is 2.48. The van der Waals surface area contributed by atoms with Crippen LogP contribution >= 0.6 is 11.3 Å². The molecular formula is C8H14N2O2S. The second kappa shape index (κ2) is 3.61. The third-order valence-corrected chi connectivity index (χ3v) is 2.66. The Labute approximate surface area is 81.4 Å². The minimum atomic E-state index is -0.700. The van der Waals surface area contributed by atoms with Crippen LogP contribution in [0.4, 0.5) is 0 Å². The quantitative estimate of drug-likeness (QED) is 0.765. The van der Waals surface area contributed by atoms with E-state index in [1.165, 1.54) is 11.3 Å². The topological polar surface area (TPSA) is 68.4 Å². The van der Waals surface area contributed by atoms with Crippen LogP contribution in [-0.2, 0) is 0 Å². The normalized spacial score (nSPS) is 14.2. The van der Waals surface area contributed by atoms with Crippen LogP contribution in [0.2, 0.25) is 0 Å². The summed E-state index contributed by atoms with van der Waals surface area (Å²) in [5.41, 5.74) is 5.09. The molecule has 0 radical (unpaired) electrons. The number of rotatable bonds is 3. The zero-order valence-electron chi connectivity index (χ0n) is 7.94. The second-order valence-corrected chi connectivity index (χ2v) is 4.48. The van der Waals surface area contributed by atoms with Gasteiger partial charge in [0.1, 0.15) is 6.10 Å². The van der Waals surface area contributed by atoms with Gasteiger partial charge in [-0.3, -0.25) is 0 Å². The highest BCUT2D eigenvalue weighted by atomic mass is 32.1. The molecule has 0 saturated carbocycles. The number of nitrogens with two attached hydrogens (primary N) is 1. The summed E-state index contributed by atoms with van der Waals surface area (Å²) in [5.74, 6) is 0. The van der Waals surface area contributed by atoms with Gasteiger partial charge in [0, 0.05) is 11.7 Å². The predicted molar refractivity (Wildman–Crippen MR) is 51.9 cm³/mol. The van der Waals surface area contributed by atoms with Crippen LogP contribution in [0, 0.1) is 0 Å². The third kappa shape index (κ3) is 2.40. The van der Waals surface area contributed by atoms with Gasteiger partial charge < -0.3 is 15.6 Å². The van der Waals surface area contributed by atoms with E-state index in [-0.39, 0.29) is 0 Å². The molecule has 1 rings (SSSR count). The molecule has 0 amide bonds. The summed E-state index contributed by atoms with van der Waals surface area (Å²) in [7, 11) is 1.54. The van der Waals surface area contributed by atoms with Crippen molar-refractivity contribution in [2.45, 2.75) is 25.5 Å². The molecule has 0 aliphatic carbocycles. The van der Waals surface area contributed by atoms with E-state index in [4.69, 9.17) is 10.5 Å². The fourth-order valence-corrected chi connectivity index (χ4v) is 1.77. The number of aliphatic hydroxyl groups excluding tert-OH is 1. The number of aromatic nitrogens is 1. The van der Waals surface area contributed by atoms with Gasteiger partial charge in [0.05, 0.1) is 12.0 Å². The number of methoxy groups -OCH3 is 1. The first-order valence-corrected chi connectivity index (χ1v) is 4.73. The summed E-state index contributed by atoms with van der Waals surface area (Å²) in [5, 5.41) is 10.3. The highest BCUT2D eigenvalue weighted by molar-refractivity contribution is 7.13. The van der Waals surface area contributed by atoms with Crippen molar-refractivity contribution in [1.82, 2.24) is 4.98 Å². The summed E-state index contributed by atoms with van der Waals surface area (Å²) < 4.78 is 4.91. The maximum absolute atomic E-state index is 9.76. The van der Waals surface area contributed by atoms with E-state index >= 15 is 0 Å². The zero-order chi connectivity index (χ0) is 10.1. The van der Waals surface area contributed by atoms with E-state index in [0.29, 0.717) is 5.19 Å². The first-order valence-electron chi connectivity index (χ1n) is 3.92. The van der Waals surface area contributed by atoms with Crippen molar-refractivity contribution in [2.24, 2.45) is 5.73 Å². The number of ether oxygens (including phenoxy) is 1. The zero-order valence-corrected chi connectivity index (χ0v) is 8.76. The molecule has 1 heterocycles. The standard InChI is InChI=1S/C8H14N2O2S/c1-8(2,9)6(11)5-4-10-7(12-3)13-5/h4,6,11H,9H2,1-3H3. The number of hydrogen-bond acceptors (Lipinski definition) is 5. The minimum Gasteiger partial charge on any atom is -0.473 e. The van der Waals surface area contributed by atoms with Gasteiger partial charge in [-0.2, -0.15) is 0 Å². The van der Waals surface area contributed by atoms with Crippen LogP contribution < -0.4 is 10.5 Å². The molecule has 0 spiro atoms. The smallest absolute Gasteiger partial charge is 0.273 e. The first kappa shape index (κ1) is 10.4. The Bertz CT molecular complexity index is 280. The maximum Gasteiger partial charge on any atom is 0.273 e. The minimum absolute atomic E-state index is 0.540. The molecular weight excluding hydrogens is 188 g/mol. The van der Waals surface area contributed by atoms with Gasteiger partial charge in [0.15, 0.2) is 0 Å². The summed E-state index contributed by atoms with van der Waals surface area (Å²) in [4.78, 5) is 4.68. The fraction of sp³-hybridized carbons (Fsp3) is 0.625. The van der Waals surface area contributed by atoms with Crippen LogP contribution in [0.1, 0.15) is 24.8 Å². The van der Waals surface area contributed by atoms with Crippen molar-refractivity contribution in [3.8, 4) is 5.19 Å². The predicted octanol–water partition coefficient (Wildman–Crippen LogP) is 0.922. The molecule has 0 aliphatic rings. The molecule has 1 aromatic heterocycles. The van der Waals surface area contributed by atoms with Gasteiger partial charge in [-0.1, -0.05) is 11.3 Å². The molecule has 3 N–H and O–H groups in total. The lowest BCUT2D eigenvalue weighted by atomic mass is 9.98. The van der Waals surface area contributed by atoms with E-state index < -0.39 is 11.6 Å². The second-order valence-electron chi connectivity index (χ2n) is 3.46. The molecule has 0 bridgehead atoms. The van der Waals surface area contributed by atoms with Crippen LogP contribution in [0.15, 0.2) is 6.20 Å². The maximum atomic E-state index is 9.76. The molecule has 0 aliphatic heterocycles. The highest BCUT2D eigenvalue weighted by Crippen LogP contribution is 2.30. The molecule has 1 aromatic rings. The Morgan fingerprint density at radius 2 is 2.31 bits per heavy atom. The summed E-state index contributed by atoms with van der Waals surface area (Å²) in [6.45, 7) is 3.54. The van der Waals surface area contributed by atoms with Crippen molar-refractivity contribution >= 4 is 11.3 Å². The number of thiazole rings is 1. The summed E-state index contributed by atoms with van der Waals surface area (Å²) >= 11 is 1.30. The van der Waals surface area contributed by atoms with Crippen LogP contribution in [0.5, 0.6) is 5.19 Å². The van der Waals surface area contributed by atoms with E-state index in [9.17, 15) is 5.11 Å². The van der Waals surface area contributed by atoms with Crippen LogP contribution in [-0.4, -0.2) is 22.7 Å².